The van der Waals surface area contributed by atoms with Crippen LogP contribution in [0.25, 0.3) is 0 Å². The summed E-state index contributed by atoms with van der Waals surface area (Å²) < 4.78 is 32.4. The van der Waals surface area contributed by atoms with Crippen molar-refractivity contribution in [3.8, 4) is 5.75 Å². The number of carbonyl (C=O) groups excluding carboxylic acids is 1. The number of rotatable bonds is 7. The van der Waals surface area contributed by atoms with Gasteiger partial charge in [-0.25, -0.2) is 8.42 Å². The normalized spacial score (nSPS) is 15.3. The largest absolute Gasteiger partial charge is 0.497 e. The molecule has 1 amide bonds. The first-order valence-electron chi connectivity index (χ1n) is 9.21. The van der Waals surface area contributed by atoms with Gasteiger partial charge >= 0.3 is 0 Å². The molecule has 2 N–H and O–H groups in total. The number of nitrogens with one attached hydrogen (secondary N) is 2. The van der Waals surface area contributed by atoms with Crippen LogP contribution >= 0.6 is 0 Å². The molecule has 1 aliphatic heterocycles. The van der Waals surface area contributed by atoms with Gasteiger partial charge in [0.05, 0.1) is 18.0 Å². The number of benzene rings is 2. The Morgan fingerprint density at radius 1 is 1.11 bits per heavy atom. The zero-order chi connectivity index (χ0) is 20.1. The summed E-state index contributed by atoms with van der Waals surface area (Å²) in [5, 5.41) is 2.79. The minimum Gasteiger partial charge on any atom is -0.497 e. The average molecular weight is 404 g/mol. The number of anilines is 2. The van der Waals surface area contributed by atoms with Crippen LogP contribution in [0.2, 0.25) is 0 Å². The lowest BCUT2D eigenvalue weighted by atomic mass is 10.2. The van der Waals surface area contributed by atoms with Gasteiger partial charge in [0.15, 0.2) is 0 Å². The maximum atomic E-state index is 12.5. The van der Waals surface area contributed by atoms with E-state index in [0.717, 1.165) is 18.8 Å². The van der Waals surface area contributed by atoms with E-state index in [1.807, 2.05) is 18.2 Å². The summed E-state index contributed by atoms with van der Waals surface area (Å²) in [6, 6.07) is 12.7. The Labute approximate surface area is 165 Å². The molecule has 1 atom stereocenters. The monoisotopic (exact) mass is 403 g/mol. The van der Waals surface area contributed by atoms with Crippen molar-refractivity contribution in [2.75, 3.05) is 30.4 Å². The fraction of sp³-hybridized carbons (Fsp3) is 0.350. The average Bonchev–Trinajstić information content (AvgIpc) is 3.23. The molecule has 0 spiro atoms. The molecular weight excluding hydrogens is 378 g/mol. The third-order valence-electron chi connectivity index (χ3n) is 4.68. The number of methoxy groups -OCH3 is 1. The Balaban J connectivity index is 1.64. The van der Waals surface area contributed by atoms with Crippen LogP contribution in [0, 0.1) is 0 Å². The first-order valence-corrected chi connectivity index (χ1v) is 10.7. The van der Waals surface area contributed by atoms with Crippen LogP contribution in [0.15, 0.2) is 53.4 Å². The van der Waals surface area contributed by atoms with E-state index in [1.54, 1.807) is 18.2 Å². The van der Waals surface area contributed by atoms with Gasteiger partial charge in [-0.3, -0.25) is 4.79 Å². The number of hydrogen-bond donors (Lipinski definition) is 2. The highest BCUT2D eigenvalue weighted by Gasteiger charge is 2.22. The Bertz CT molecular complexity index is 923. The van der Waals surface area contributed by atoms with E-state index in [1.165, 1.54) is 39.0 Å². The lowest BCUT2D eigenvalue weighted by Crippen LogP contribution is -2.41. The van der Waals surface area contributed by atoms with Crippen molar-refractivity contribution in [3.05, 3.63) is 48.5 Å². The maximum absolute atomic E-state index is 12.5. The second kappa shape index (κ2) is 8.62. The van der Waals surface area contributed by atoms with Crippen molar-refractivity contribution in [3.63, 3.8) is 0 Å². The van der Waals surface area contributed by atoms with Crippen LogP contribution in [-0.4, -0.2) is 40.6 Å². The minimum absolute atomic E-state index is 0.0731. The van der Waals surface area contributed by atoms with E-state index in [2.05, 4.69) is 14.9 Å². The number of hydrogen-bond acceptors (Lipinski definition) is 5. The van der Waals surface area contributed by atoms with Crippen molar-refractivity contribution < 1.29 is 17.9 Å². The minimum atomic E-state index is -3.82. The molecule has 1 saturated heterocycles. The Morgan fingerprint density at radius 2 is 1.79 bits per heavy atom. The molecular formula is C20H25N3O4S. The molecule has 2 aromatic rings. The smallest absolute Gasteiger partial charge is 0.242 e. The van der Waals surface area contributed by atoms with Crippen molar-refractivity contribution >= 4 is 27.3 Å². The molecule has 0 unspecified atom stereocenters. The van der Waals surface area contributed by atoms with Crippen LogP contribution in [0.4, 0.5) is 11.4 Å². The SMILES string of the molecule is COc1ccc(S(=O)(=O)N[C@@H](C)C(=O)Nc2cccc(N3CCCC3)c2)cc1. The van der Waals surface area contributed by atoms with E-state index in [0.29, 0.717) is 11.4 Å². The predicted octanol–water partition coefficient (Wildman–Crippen LogP) is 2.60. The topological polar surface area (TPSA) is 87.7 Å². The zero-order valence-electron chi connectivity index (χ0n) is 16.0. The molecule has 28 heavy (non-hydrogen) atoms. The predicted molar refractivity (Wildman–Crippen MR) is 109 cm³/mol. The molecule has 0 radical (unpaired) electrons. The lowest BCUT2D eigenvalue weighted by molar-refractivity contribution is -0.117. The summed E-state index contributed by atoms with van der Waals surface area (Å²) in [4.78, 5) is 14.8. The van der Waals surface area contributed by atoms with Gasteiger partial charge in [-0.15, -0.1) is 0 Å². The van der Waals surface area contributed by atoms with Gasteiger partial charge in [-0.1, -0.05) is 6.07 Å². The third-order valence-corrected chi connectivity index (χ3v) is 6.24. The molecule has 150 valence electrons. The molecule has 0 bridgehead atoms. The quantitative estimate of drug-likeness (QED) is 0.742. The highest BCUT2D eigenvalue weighted by atomic mass is 32.2. The number of amides is 1. The second-order valence-corrected chi connectivity index (χ2v) is 8.47. The highest BCUT2D eigenvalue weighted by molar-refractivity contribution is 7.89. The van der Waals surface area contributed by atoms with Gasteiger partial charge in [-0.05, 0) is 62.2 Å². The number of nitrogens with zero attached hydrogens (tertiary/aromatic N) is 1. The van der Waals surface area contributed by atoms with Crippen LogP contribution in [0.1, 0.15) is 19.8 Å². The van der Waals surface area contributed by atoms with Gasteiger partial charge < -0.3 is 15.0 Å². The molecule has 3 rings (SSSR count). The number of ether oxygens (including phenoxy) is 1. The van der Waals surface area contributed by atoms with E-state index in [9.17, 15) is 13.2 Å². The molecule has 1 aliphatic rings. The Morgan fingerprint density at radius 3 is 2.43 bits per heavy atom. The summed E-state index contributed by atoms with van der Waals surface area (Å²) in [6.07, 6.45) is 2.33. The summed E-state index contributed by atoms with van der Waals surface area (Å²) in [5.41, 5.74) is 1.70. The summed E-state index contributed by atoms with van der Waals surface area (Å²) >= 11 is 0. The van der Waals surface area contributed by atoms with E-state index >= 15 is 0 Å². The van der Waals surface area contributed by atoms with Gasteiger partial charge in [0.1, 0.15) is 5.75 Å². The van der Waals surface area contributed by atoms with Crippen molar-refractivity contribution in [1.29, 1.82) is 0 Å². The standard InChI is InChI=1S/C20H25N3O4S/c1-15(22-28(25,26)19-10-8-18(27-2)9-11-19)20(24)21-16-6-5-7-17(14-16)23-12-3-4-13-23/h5-11,14-15,22H,3-4,12-13H2,1-2H3,(H,21,24)/t15-/m0/s1. The maximum Gasteiger partial charge on any atom is 0.242 e. The van der Waals surface area contributed by atoms with Crippen LogP contribution in [-0.2, 0) is 14.8 Å². The zero-order valence-corrected chi connectivity index (χ0v) is 16.8. The van der Waals surface area contributed by atoms with Crippen LogP contribution in [0.3, 0.4) is 0 Å². The highest BCUT2D eigenvalue weighted by Crippen LogP contribution is 2.23. The molecule has 2 aromatic carbocycles. The van der Waals surface area contributed by atoms with Crippen LogP contribution < -0.4 is 19.7 Å². The first kappa shape index (κ1) is 20.2. The van der Waals surface area contributed by atoms with Crippen molar-refractivity contribution in [1.82, 2.24) is 4.72 Å². The van der Waals surface area contributed by atoms with Gasteiger partial charge in [0.2, 0.25) is 15.9 Å². The molecule has 8 heteroatoms. The second-order valence-electron chi connectivity index (χ2n) is 6.75. The van der Waals surface area contributed by atoms with Crippen molar-refractivity contribution in [2.45, 2.75) is 30.7 Å². The van der Waals surface area contributed by atoms with Crippen molar-refractivity contribution in [2.24, 2.45) is 0 Å². The van der Waals surface area contributed by atoms with Gasteiger partial charge in [-0.2, -0.15) is 4.72 Å². The van der Waals surface area contributed by atoms with Gasteiger partial charge in [0.25, 0.3) is 0 Å². The number of sulfonamides is 1. The molecule has 1 heterocycles. The molecule has 0 aromatic heterocycles. The summed E-state index contributed by atoms with van der Waals surface area (Å²) in [5.74, 6) is 0.137. The van der Waals surface area contributed by atoms with Crippen LogP contribution in [0.5, 0.6) is 5.75 Å². The third kappa shape index (κ3) is 4.82. The Hall–Kier alpha value is -2.58. The molecule has 0 aliphatic carbocycles. The number of carbonyl (C=O) groups is 1. The van der Waals surface area contributed by atoms with E-state index in [4.69, 9.17) is 4.74 Å². The molecule has 7 nitrogen and oxygen atoms in total. The lowest BCUT2D eigenvalue weighted by Gasteiger charge is -2.19. The molecule has 1 fully saturated rings. The fourth-order valence-corrected chi connectivity index (χ4v) is 4.32. The Kier molecular flexibility index (Phi) is 6.21. The van der Waals surface area contributed by atoms with Gasteiger partial charge in [0, 0.05) is 24.5 Å². The van der Waals surface area contributed by atoms with E-state index < -0.39 is 22.0 Å². The summed E-state index contributed by atoms with van der Waals surface area (Å²) in [7, 11) is -2.31. The fourth-order valence-electron chi connectivity index (χ4n) is 3.12. The van der Waals surface area contributed by atoms with E-state index in [-0.39, 0.29) is 4.90 Å². The first-order chi connectivity index (χ1) is 13.4. The molecule has 0 saturated carbocycles. The summed E-state index contributed by atoms with van der Waals surface area (Å²) in [6.45, 7) is 3.53.